The Hall–Kier alpha value is -3.35. The van der Waals surface area contributed by atoms with Gasteiger partial charge in [0.1, 0.15) is 5.82 Å². The Bertz CT molecular complexity index is 896. The molecule has 30 heavy (non-hydrogen) atoms. The van der Waals surface area contributed by atoms with Crippen molar-refractivity contribution in [2.75, 3.05) is 32.6 Å². The molecule has 0 aliphatic carbocycles. The number of nitrogens with one attached hydrogen (secondary N) is 1. The predicted octanol–water partition coefficient (Wildman–Crippen LogP) is 3.69. The van der Waals surface area contributed by atoms with E-state index < -0.39 is 0 Å². The Morgan fingerprint density at radius 2 is 2.00 bits per heavy atom. The van der Waals surface area contributed by atoms with Gasteiger partial charge in [-0.25, -0.2) is 4.98 Å². The van der Waals surface area contributed by atoms with Gasteiger partial charge in [-0.3, -0.25) is 9.59 Å². The molecule has 0 saturated heterocycles. The molecule has 1 aromatic carbocycles. The van der Waals surface area contributed by atoms with Crippen molar-refractivity contribution >= 4 is 23.7 Å². The zero-order valence-electron chi connectivity index (χ0n) is 18.0. The molecule has 0 atom stereocenters. The SMILES string of the molecule is CCCCOc1ccc(/C=C/C(=O)N(C)CC(=O)Nc2cc(C)ccn2)cc1OC. The molecule has 160 valence electrons. The van der Waals surface area contributed by atoms with Crippen molar-refractivity contribution in [1.82, 2.24) is 9.88 Å². The van der Waals surface area contributed by atoms with Crippen LogP contribution in [0, 0.1) is 6.92 Å². The average Bonchev–Trinajstić information content (AvgIpc) is 2.72. The fourth-order valence-corrected chi connectivity index (χ4v) is 2.61. The summed E-state index contributed by atoms with van der Waals surface area (Å²) in [6, 6.07) is 9.09. The van der Waals surface area contributed by atoms with E-state index in [1.54, 1.807) is 38.6 Å². The lowest BCUT2D eigenvalue weighted by molar-refractivity contribution is -0.129. The first-order chi connectivity index (χ1) is 14.4. The van der Waals surface area contributed by atoms with Gasteiger partial charge in [0.05, 0.1) is 20.3 Å². The topological polar surface area (TPSA) is 80.8 Å². The molecule has 0 aliphatic rings. The molecule has 1 aromatic heterocycles. The normalized spacial score (nSPS) is 10.7. The van der Waals surface area contributed by atoms with E-state index in [1.165, 1.54) is 11.0 Å². The van der Waals surface area contributed by atoms with E-state index in [2.05, 4.69) is 17.2 Å². The number of hydrogen-bond acceptors (Lipinski definition) is 5. The van der Waals surface area contributed by atoms with Crippen LogP contribution in [-0.2, 0) is 9.59 Å². The Labute approximate surface area is 177 Å². The molecule has 0 radical (unpaired) electrons. The zero-order valence-corrected chi connectivity index (χ0v) is 18.0. The lowest BCUT2D eigenvalue weighted by Crippen LogP contribution is -2.34. The maximum Gasteiger partial charge on any atom is 0.246 e. The van der Waals surface area contributed by atoms with Gasteiger partial charge in [0.2, 0.25) is 11.8 Å². The second-order valence-electron chi connectivity index (χ2n) is 6.91. The summed E-state index contributed by atoms with van der Waals surface area (Å²) in [5.41, 5.74) is 1.79. The van der Waals surface area contributed by atoms with Crippen LogP contribution in [0.3, 0.4) is 0 Å². The number of benzene rings is 1. The number of unbranched alkanes of at least 4 members (excludes halogenated alkanes) is 1. The summed E-state index contributed by atoms with van der Waals surface area (Å²) in [5, 5.41) is 2.69. The van der Waals surface area contributed by atoms with Gasteiger partial charge in [-0.2, -0.15) is 0 Å². The number of aromatic nitrogens is 1. The highest BCUT2D eigenvalue weighted by atomic mass is 16.5. The van der Waals surface area contributed by atoms with Crippen LogP contribution < -0.4 is 14.8 Å². The molecule has 0 spiro atoms. The predicted molar refractivity (Wildman–Crippen MR) is 118 cm³/mol. The van der Waals surface area contributed by atoms with Gasteiger partial charge in [0.25, 0.3) is 0 Å². The van der Waals surface area contributed by atoms with E-state index in [0.717, 1.165) is 24.0 Å². The summed E-state index contributed by atoms with van der Waals surface area (Å²) in [5.74, 6) is 1.15. The van der Waals surface area contributed by atoms with Gasteiger partial charge in [-0.15, -0.1) is 0 Å². The number of methoxy groups -OCH3 is 1. The van der Waals surface area contributed by atoms with Gasteiger partial charge in [-0.1, -0.05) is 19.4 Å². The smallest absolute Gasteiger partial charge is 0.246 e. The molecule has 0 fully saturated rings. The Balaban J connectivity index is 1.93. The largest absolute Gasteiger partial charge is 0.493 e. The maximum absolute atomic E-state index is 12.3. The molecule has 2 amide bonds. The fraction of sp³-hybridized carbons (Fsp3) is 0.348. The molecule has 2 aromatic rings. The molecule has 0 aliphatic heterocycles. The van der Waals surface area contributed by atoms with E-state index in [0.29, 0.717) is 23.9 Å². The lowest BCUT2D eigenvalue weighted by atomic mass is 10.2. The first-order valence-electron chi connectivity index (χ1n) is 9.89. The average molecular weight is 412 g/mol. The number of aryl methyl sites for hydroxylation is 1. The van der Waals surface area contributed by atoms with Crippen LogP contribution in [0.4, 0.5) is 5.82 Å². The van der Waals surface area contributed by atoms with Crippen LogP contribution in [0.15, 0.2) is 42.6 Å². The minimum Gasteiger partial charge on any atom is -0.493 e. The van der Waals surface area contributed by atoms with E-state index >= 15 is 0 Å². The van der Waals surface area contributed by atoms with Crippen LogP contribution in [0.25, 0.3) is 6.08 Å². The van der Waals surface area contributed by atoms with Crippen LogP contribution in [0.1, 0.15) is 30.9 Å². The highest BCUT2D eigenvalue weighted by Gasteiger charge is 2.11. The minimum atomic E-state index is -0.312. The monoisotopic (exact) mass is 411 g/mol. The first-order valence-corrected chi connectivity index (χ1v) is 9.89. The number of rotatable bonds is 10. The highest BCUT2D eigenvalue weighted by Crippen LogP contribution is 2.28. The summed E-state index contributed by atoms with van der Waals surface area (Å²) < 4.78 is 11.1. The standard InChI is InChI=1S/C23H29N3O4/c1-5-6-13-30-19-9-7-18(15-20(19)29-4)8-10-23(28)26(3)16-22(27)25-21-14-17(2)11-12-24-21/h7-12,14-15H,5-6,13,16H2,1-4H3,(H,24,25,27)/b10-8+. The van der Waals surface area contributed by atoms with Gasteiger partial charge in [0.15, 0.2) is 11.5 Å². The quantitative estimate of drug-likeness (QED) is 0.476. The molecule has 7 heteroatoms. The number of ether oxygens (including phenoxy) is 2. The molecular weight excluding hydrogens is 382 g/mol. The summed E-state index contributed by atoms with van der Waals surface area (Å²) in [6.45, 7) is 4.57. The number of carbonyl (C=O) groups is 2. The van der Waals surface area contributed by atoms with Crippen molar-refractivity contribution in [3.05, 3.63) is 53.7 Å². The van der Waals surface area contributed by atoms with Crippen LogP contribution in [0.2, 0.25) is 0 Å². The summed E-state index contributed by atoms with van der Waals surface area (Å²) in [7, 11) is 3.15. The van der Waals surface area contributed by atoms with E-state index in [4.69, 9.17) is 9.47 Å². The Kier molecular flexibility index (Phi) is 8.87. The summed E-state index contributed by atoms with van der Waals surface area (Å²) in [4.78, 5) is 29.9. The molecule has 7 nitrogen and oxygen atoms in total. The van der Waals surface area contributed by atoms with Crippen molar-refractivity contribution in [2.24, 2.45) is 0 Å². The van der Waals surface area contributed by atoms with Gasteiger partial charge < -0.3 is 19.7 Å². The van der Waals surface area contributed by atoms with Crippen LogP contribution in [-0.4, -0.2) is 49.0 Å². The van der Waals surface area contributed by atoms with Crippen molar-refractivity contribution in [3.8, 4) is 11.5 Å². The van der Waals surface area contributed by atoms with Gasteiger partial charge in [-0.05, 0) is 54.8 Å². The van der Waals surface area contributed by atoms with E-state index in [1.807, 2.05) is 25.1 Å². The molecule has 1 heterocycles. The fourth-order valence-electron chi connectivity index (χ4n) is 2.61. The highest BCUT2D eigenvalue weighted by molar-refractivity contribution is 5.97. The van der Waals surface area contributed by atoms with E-state index in [9.17, 15) is 9.59 Å². The van der Waals surface area contributed by atoms with Gasteiger partial charge >= 0.3 is 0 Å². The van der Waals surface area contributed by atoms with Gasteiger partial charge in [0, 0.05) is 19.3 Å². The minimum absolute atomic E-state index is 0.0771. The van der Waals surface area contributed by atoms with Crippen LogP contribution >= 0.6 is 0 Å². The number of hydrogen-bond donors (Lipinski definition) is 1. The molecular formula is C23H29N3O4. The number of likely N-dealkylation sites (N-methyl/N-ethyl adjacent to an activating group) is 1. The first kappa shape index (κ1) is 22.9. The number of carbonyl (C=O) groups excluding carboxylic acids is 2. The Morgan fingerprint density at radius 3 is 2.70 bits per heavy atom. The number of anilines is 1. The summed E-state index contributed by atoms with van der Waals surface area (Å²) in [6.07, 6.45) is 6.75. The molecule has 0 bridgehead atoms. The third-order valence-electron chi connectivity index (χ3n) is 4.30. The van der Waals surface area contributed by atoms with Crippen molar-refractivity contribution in [3.63, 3.8) is 0 Å². The number of pyridine rings is 1. The number of nitrogens with zero attached hydrogens (tertiary/aromatic N) is 2. The van der Waals surface area contributed by atoms with Crippen molar-refractivity contribution in [2.45, 2.75) is 26.7 Å². The van der Waals surface area contributed by atoms with E-state index in [-0.39, 0.29) is 18.4 Å². The molecule has 0 saturated carbocycles. The second-order valence-corrected chi connectivity index (χ2v) is 6.91. The summed E-state index contributed by atoms with van der Waals surface area (Å²) >= 11 is 0. The number of amides is 2. The molecule has 0 unspecified atom stereocenters. The maximum atomic E-state index is 12.3. The Morgan fingerprint density at radius 1 is 1.20 bits per heavy atom. The zero-order chi connectivity index (χ0) is 21.9. The third kappa shape index (κ3) is 7.24. The third-order valence-corrected chi connectivity index (χ3v) is 4.30. The van der Waals surface area contributed by atoms with Crippen molar-refractivity contribution in [1.29, 1.82) is 0 Å². The molecule has 2 rings (SSSR count). The van der Waals surface area contributed by atoms with Crippen LogP contribution in [0.5, 0.6) is 11.5 Å². The second kappa shape index (κ2) is 11.6. The lowest BCUT2D eigenvalue weighted by Gasteiger charge is -2.15. The van der Waals surface area contributed by atoms with Crippen molar-refractivity contribution < 1.29 is 19.1 Å². The molecule has 1 N–H and O–H groups in total.